The van der Waals surface area contributed by atoms with E-state index in [4.69, 9.17) is 5.11 Å². The van der Waals surface area contributed by atoms with Crippen molar-refractivity contribution in [3.8, 4) is 0 Å². The minimum Gasteiger partial charge on any atom is -0.503 e. The highest BCUT2D eigenvalue weighted by atomic mass is 16.3. The van der Waals surface area contributed by atoms with E-state index in [2.05, 4.69) is 0 Å². The largest absolute Gasteiger partial charge is 0.503 e. The van der Waals surface area contributed by atoms with Crippen molar-refractivity contribution >= 4 is 5.78 Å². The first-order chi connectivity index (χ1) is 6.94. The molecule has 0 fully saturated rings. The van der Waals surface area contributed by atoms with Crippen LogP contribution in [0.3, 0.4) is 0 Å². The number of rotatable bonds is 4. The first kappa shape index (κ1) is 12.0. The first-order valence-electron chi connectivity index (χ1n) is 4.99. The predicted octanol–water partition coefficient (Wildman–Crippen LogP) is -0.206. The molecule has 0 aromatic rings. The zero-order chi connectivity index (χ0) is 11.6. The monoisotopic (exact) mass is 215 g/mol. The minimum atomic E-state index is -1.51. The van der Waals surface area contributed by atoms with Gasteiger partial charge in [-0.15, -0.1) is 0 Å². The van der Waals surface area contributed by atoms with Gasteiger partial charge < -0.3 is 20.2 Å². The Bertz CT molecular complexity index is 296. The molecule has 3 N–H and O–H groups in total. The van der Waals surface area contributed by atoms with E-state index in [1.165, 1.54) is 6.92 Å². The fourth-order valence-corrected chi connectivity index (χ4v) is 1.74. The molecule has 15 heavy (non-hydrogen) atoms. The molecule has 1 atom stereocenters. The topological polar surface area (TPSA) is 81.0 Å². The third-order valence-electron chi connectivity index (χ3n) is 2.62. The molecular formula is C10H17NO4. The van der Waals surface area contributed by atoms with E-state index >= 15 is 0 Å². The van der Waals surface area contributed by atoms with Crippen molar-refractivity contribution in [2.24, 2.45) is 0 Å². The molecule has 0 spiro atoms. The molecule has 0 aliphatic heterocycles. The van der Waals surface area contributed by atoms with Gasteiger partial charge in [0.05, 0.1) is 12.3 Å². The Morgan fingerprint density at radius 3 is 2.47 bits per heavy atom. The maximum absolute atomic E-state index is 11.4. The van der Waals surface area contributed by atoms with Gasteiger partial charge in [-0.2, -0.15) is 0 Å². The lowest BCUT2D eigenvalue weighted by atomic mass is 10.0. The standard InChI is InChI=1S/C10H17NO4/c1-3-11(4-5-12)7-6-10(2,15)9(14)8(7)13/h12-13,15H,3-6H2,1-2H3. The highest BCUT2D eigenvalue weighted by molar-refractivity contribution is 6.02. The predicted molar refractivity (Wildman–Crippen MR) is 54.2 cm³/mol. The van der Waals surface area contributed by atoms with Crippen LogP contribution in [-0.2, 0) is 4.79 Å². The van der Waals surface area contributed by atoms with Crippen LogP contribution in [0.25, 0.3) is 0 Å². The third kappa shape index (κ3) is 2.13. The summed E-state index contributed by atoms with van der Waals surface area (Å²) in [4.78, 5) is 13.1. The Kier molecular flexibility index (Phi) is 3.36. The molecule has 1 aliphatic rings. The summed E-state index contributed by atoms with van der Waals surface area (Å²) in [5.41, 5.74) is -1.09. The number of likely N-dealkylation sites (N-methyl/N-ethyl adjacent to an activating group) is 1. The third-order valence-corrected chi connectivity index (χ3v) is 2.62. The fourth-order valence-electron chi connectivity index (χ4n) is 1.74. The highest BCUT2D eigenvalue weighted by Gasteiger charge is 2.43. The summed E-state index contributed by atoms with van der Waals surface area (Å²) in [5.74, 6) is -1.02. The SMILES string of the molecule is CCN(CCO)C1=C(O)C(=O)C(C)(O)C1. The normalized spacial score (nSPS) is 26.3. The molecule has 1 rings (SSSR count). The summed E-state index contributed by atoms with van der Waals surface area (Å²) in [6.45, 7) is 4.10. The maximum atomic E-state index is 11.4. The summed E-state index contributed by atoms with van der Waals surface area (Å²) in [7, 11) is 0. The van der Waals surface area contributed by atoms with E-state index in [0.717, 1.165) is 0 Å². The van der Waals surface area contributed by atoms with Crippen molar-refractivity contribution in [2.75, 3.05) is 19.7 Å². The zero-order valence-corrected chi connectivity index (χ0v) is 9.03. The van der Waals surface area contributed by atoms with Gasteiger partial charge in [0.1, 0.15) is 5.60 Å². The van der Waals surface area contributed by atoms with Gasteiger partial charge in [-0.25, -0.2) is 0 Å². The average molecular weight is 215 g/mol. The summed E-state index contributed by atoms with van der Waals surface area (Å²) in [6, 6.07) is 0. The molecule has 0 aromatic heterocycles. The number of Topliss-reactive ketones (excluding diaryl/α,β-unsaturated/α-hetero) is 1. The molecule has 0 saturated carbocycles. The highest BCUT2D eigenvalue weighted by Crippen LogP contribution is 2.31. The van der Waals surface area contributed by atoms with Gasteiger partial charge in [0.15, 0.2) is 5.76 Å². The second kappa shape index (κ2) is 4.20. The number of nitrogens with zero attached hydrogens (tertiary/aromatic N) is 1. The van der Waals surface area contributed by atoms with E-state index in [-0.39, 0.29) is 18.8 Å². The van der Waals surface area contributed by atoms with Gasteiger partial charge in [-0.1, -0.05) is 0 Å². The van der Waals surface area contributed by atoms with E-state index in [0.29, 0.717) is 18.8 Å². The Morgan fingerprint density at radius 2 is 2.13 bits per heavy atom. The fraction of sp³-hybridized carbons (Fsp3) is 0.700. The van der Waals surface area contributed by atoms with Crippen molar-refractivity contribution < 1.29 is 20.1 Å². The van der Waals surface area contributed by atoms with Crippen LogP contribution in [-0.4, -0.2) is 51.3 Å². The molecule has 0 saturated heterocycles. The first-order valence-corrected chi connectivity index (χ1v) is 4.99. The van der Waals surface area contributed by atoms with Gasteiger partial charge >= 0.3 is 0 Å². The van der Waals surface area contributed by atoms with Crippen molar-refractivity contribution in [3.05, 3.63) is 11.5 Å². The lowest BCUT2D eigenvalue weighted by Crippen LogP contribution is -2.32. The lowest BCUT2D eigenvalue weighted by Gasteiger charge is -2.24. The van der Waals surface area contributed by atoms with Crippen LogP contribution in [0.15, 0.2) is 11.5 Å². The number of carbonyl (C=O) groups excluding carboxylic acids is 1. The molecule has 0 amide bonds. The molecular weight excluding hydrogens is 198 g/mol. The zero-order valence-electron chi connectivity index (χ0n) is 9.03. The van der Waals surface area contributed by atoms with Crippen molar-refractivity contribution in [1.29, 1.82) is 0 Å². The molecule has 86 valence electrons. The van der Waals surface area contributed by atoms with Crippen molar-refractivity contribution in [1.82, 2.24) is 4.90 Å². The van der Waals surface area contributed by atoms with Crippen LogP contribution in [0.5, 0.6) is 0 Å². The maximum Gasteiger partial charge on any atom is 0.230 e. The quantitative estimate of drug-likeness (QED) is 0.605. The van der Waals surface area contributed by atoms with Crippen molar-refractivity contribution in [3.63, 3.8) is 0 Å². The molecule has 5 nitrogen and oxygen atoms in total. The van der Waals surface area contributed by atoms with Gasteiger partial charge in [0.25, 0.3) is 0 Å². The molecule has 5 heteroatoms. The summed E-state index contributed by atoms with van der Waals surface area (Å²) >= 11 is 0. The van der Waals surface area contributed by atoms with Crippen LogP contribution in [0, 0.1) is 0 Å². The van der Waals surface area contributed by atoms with Crippen LogP contribution in [0.4, 0.5) is 0 Å². The average Bonchev–Trinajstić information content (AvgIpc) is 2.39. The van der Waals surface area contributed by atoms with Gasteiger partial charge in [-0.3, -0.25) is 4.79 Å². The Balaban J connectivity index is 2.91. The van der Waals surface area contributed by atoms with Gasteiger partial charge in [0.2, 0.25) is 5.78 Å². The number of aliphatic hydroxyl groups is 3. The van der Waals surface area contributed by atoms with E-state index in [1.807, 2.05) is 6.92 Å². The minimum absolute atomic E-state index is 0.0546. The van der Waals surface area contributed by atoms with E-state index in [9.17, 15) is 15.0 Å². The van der Waals surface area contributed by atoms with Gasteiger partial charge in [-0.05, 0) is 13.8 Å². The van der Waals surface area contributed by atoms with E-state index in [1.54, 1.807) is 4.90 Å². The molecule has 0 bridgehead atoms. The second-order valence-electron chi connectivity index (χ2n) is 3.88. The summed E-state index contributed by atoms with van der Waals surface area (Å²) in [5, 5.41) is 28.1. The van der Waals surface area contributed by atoms with Crippen LogP contribution < -0.4 is 0 Å². The molecule has 1 aliphatic carbocycles. The Labute approximate surface area is 88.6 Å². The van der Waals surface area contributed by atoms with Crippen LogP contribution in [0.1, 0.15) is 20.3 Å². The molecule has 0 heterocycles. The van der Waals surface area contributed by atoms with Crippen LogP contribution in [0.2, 0.25) is 0 Å². The second-order valence-corrected chi connectivity index (χ2v) is 3.88. The lowest BCUT2D eigenvalue weighted by molar-refractivity contribution is -0.132. The molecule has 0 aromatic carbocycles. The number of ketones is 1. The van der Waals surface area contributed by atoms with E-state index < -0.39 is 11.4 Å². The van der Waals surface area contributed by atoms with Crippen LogP contribution >= 0.6 is 0 Å². The molecule has 0 radical (unpaired) electrons. The summed E-state index contributed by atoms with van der Waals surface area (Å²) < 4.78 is 0. The van der Waals surface area contributed by atoms with Crippen molar-refractivity contribution in [2.45, 2.75) is 25.9 Å². The smallest absolute Gasteiger partial charge is 0.230 e. The van der Waals surface area contributed by atoms with Gasteiger partial charge in [0, 0.05) is 19.5 Å². The molecule has 1 unspecified atom stereocenters. The Hall–Kier alpha value is -1.07. The number of hydrogen-bond acceptors (Lipinski definition) is 5. The Morgan fingerprint density at radius 1 is 1.53 bits per heavy atom. The number of hydrogen-bond donors (Lipinski definition) is 3. The number of carbonyl (C=O) groups is 1. The summed E-state index contributed by atoms with van der Waals surface area (Å²) in [6.07, 6.45) is 0.103. The number of aliphatic hydroxyl groups excluding tert-OH is 2.